The molecule has 5 nitrogen and oxygen atoms in total. The Kier molecular flexibility index (Phi) is 5.19. The molecule has 0 aromatic heterocycles. The zero-order chi connectivity index (χ0) is 12.3. The Balaban J connectivity index is 4.61. The molecule has 0 radical (unpaired) electrons. The lowest BCUT2D eigenvalue weighted by Gasteiger charge is -2.26. The Morgan fingerprint density at radius 3 is 1.80 bits per heavy atom. The molecule has 0 aliphatic carbocycles. The van der Waals surface area contributed by atoms with E-state index < -0.39 is 27.1 Å². The Morgan fingerprint density at radius 1 is 1.13 bits per heavy atom. The Labute approximate surface area is 92.2 Å². The zero-order valence-corrected chi connectivity index (χ0v) is 11.0. The molecule has 0 aliphatic heterocycles. The Hall–Kier alpha value is -0.170. The van der Waals surface area contributed by atoms with Crippen LogP contribution in [0.3, 0.4) is 0 Å². The number of ether oxygens (including phenoxy) is 2. The molecule has 0 fully saturated rings. The van der Waals surface area contributed by atoms with Gasteiger partial charge in [-0.05, 0) is 27.7 Å². The van der Waals surface area contributed by atoms with Crippen LogP contribution < -0.4 is 4.72 Å². The molecule has 1 atom stereocenters. The minimum atomic E-state index is -3.37. The molecule has 0 spiro atoms. The Bertz CT molecular complexity index is 277. The van der Waals surface area contributed by atoms with E-state index in [1.807, 2.05) is 0 Å². The van der Waals surface area contributed by atoms with E-state index in [0.29, 0.717) is 0 Å². The second-order valence-corrected chi connectivity index (χ2v) is 6.83. The van der Waals surface area contributed by atoms with Gasteiger partial charge in [-0.3, -0.25) is 0 Å². The van der Waals surface area contributed by atoms with Crippen LogP contribution in [0, 0.1) is 0 Å². The molecule has 0 amide bonds. The van der Waals surface area contributed by atoms with Gasteiger partial charge in [0.25, 0.3) is 0 Å². The number of nitrogens with one attached hydrogen (secondary N) is 1. The van der Waals surface area contributed by atoms with Crippen molar-refractivity contribution >= 4 is 10.0 Å². The smallest absolute Gasteiger partial charge is 0.216 e. The lowest BCUT2D eigenvalue weighted by atomic mass is 10.3. The summed E-state index contributed by atoms with van der Waals surface area (Å²) in [5.74, 6) is 0. The molecule has 15 heavy (non-hydrogen) atoms. The average molecular weight is 239 g/mol. The van der Waals surface area contributed by atoms with Gasteiger partial charge < -0.3 is 9.47 Å². The summed E-state index contributed by atoms with van der Waals surface area (Å²) in [5, 5.41) is 0. The van der Waals surface area contributed by atoms with Gasteiger partial charge in [-0.25, -0.2) is 13.1 Å². The third kappa shape index (κ3) is 4.06. The molecule has 6 heteroatoms. The SMILES string of the molecule is COC(OC)C(C)NS(=O)(=O)C(C)(C)C. The fourth-order valence-corrected chi connectivity index (χ4v) is 1.94. The maximum absolute atomic E-state index is 11.8. The van der Waals surface area contributed by atoms with Crippen LogP contribution in [-0.4, -0.2) is 39.7 Å². The van der Waals surface area contributed by atoms with Gasteiger partial charge >= 0.3 is 0 Å². The molecule has 0 aliphatic rings. The van der Waals surface area contributed by atoms with Crippen LogP contribution in [0.25, 0.3) is 0 Å². The summed E-state index contributed by atoms with van der Waals surface area (Å²) in [5.41, 5.74) is 0. The van der Waals surface area contributed by atoms with E-state index in [0.717, 1.165) is 0 Å². The molecule has 0 saturated heterocycles. The van der Waals surface area contributed by atoms with E-state index in [1.54, 1.807) is 27.7 Å². The first-order chi connectivity index (χ1) is 6.65. The third-order valence-corrected chi connectivity index (χ3v) is 4.31. The van der Waals surface area contributed by atoms with Crippen LogP contribution in [0.2, 0.25) is 0 Å². The number of rotatable bonds is 5. The van der Waals surface area contributed by atoms with Crippen LogP contribution in [0.5, 0.6) is 0 Å². The second kappa shape index (κ2) is 5.25. The summed E-state index contributed by atoms with van der Waals surface area (Å²) in [7, 11) is -0.436. The van der Waals surface area contributed by atoms with Crippen molar-refractivity contribution in [2.24, 2.45) is 0 Å². The summed E-state index contributed by atoms with van der Waals surface area (Å²) in [6.07, 6.45) is -0.581. The number of hydrogen-bond acceptors (Lipinski definition) is 4. The van der Waals surface area contributed by atoms with E-state index in [1.165, 1.54) is 14.2 Å². The minimum absolute atomic E-state index is 0.427. The van der Waals surface area contributed by atoms with Crippen LogP contribution in [0.15, 0.2) is 0 Å². The molecule has 1 N–H and O–H groups in total. The summed E-state index contributed by atoms with van der Waals surface area (Å²) in [6, 6.07) is -0.427. The van der Waals surface area contributed by atoms with Crippen LogP contribution in [0.1, 0.15) is 27.7 Å². The number of methoxy groups -OCH3 is 2. The fraction of sp³-hybridized carbons (Fsp3) is 1.00. The fourth-order valence-electron chi connectivity index (χ4n) is 0.982. The molecule has 0 aromatic carbocycles. The van der Waals surface area contributed by atoms with Crippen molar-refractivity contribution in [2.75, 3.05) is 14.2 Å². The summed E-state index contributed by atoms with van der Waals surface area (Å²) < 4.78 is 35.2. The van der Waals surface area contributed by atoms with Gasteiger partial charge in [0.15, 0.2) is 6.29 Å². The van der Waals surface area contributed by atoms with E-state index in [2.05, 4.69) is 4.72 Å². The van der Waals surface area contributed by atoms with Gasteiger partial charge in [-0.1, -0.05) is 0 Å². The first-order valence-corrected chi connectivity index (χ1v) is 6.21. The van der Waals surface area contributed by atoms with Crippen molar-refractivity contribution in [3.63, 3.8) is 0 Å². The highest BCUT2D eigenvalue weighted by atomic mass is 32.2. The van der Waals surface area contributed by atoms with Crippen LogP contribution in [0.4, 0.5) is 0 Å². The van der Waals surface area contributed by atoms with Gasteiger partial charge in [0, 0.05) is 14.2 Å². The normalized spacial score (nSPS) is 15.7. The highest BCUT2D eigenvalue weighted by Gasteiger charge is 2.32. The first-order valence-electron chi connectivity index (χ1n) is 4.73. The average Bonchev–Trinajstić information content (AvgIpc) is 2.03. The molecule has 1 unspecified atom stereocenters. The highest BCUT2D eigenvalue weighted by Crippen LogP contribution is 2.14. The number of hydrogen-bond donors (Lipinski definition) is 1. The third-order valence-electron chi connectivity index (χ3n) is 2.02. The molecular formula is C9H21NO4S. The van der Waals surface area contributed by atoms with Crippen LogP contribution in [-0.2, 0) is 19.5 Å². The maximum atomic E-state index is 11.8. The van der Waals surface area contributed by atoms with Crippen LogP contribution >= 0.6 is 0 Å². The molecule has 0 saturated carbocycles. The van der Waals surface area contributed by atoms with Crippen molar-refractivity contribution in [3.05, 3.63) is 0 Å². The monoisotopic (exact) mass is 239 g/mol. The van der Waals surface area contributed by atoms with Crippen molar-refractivity contribution < 1.29 is 17.9 Å². The van der Waals surface area contributed by atoms with Gasteiger partial charge in [0.2, 0.25) is 10.0 Å². The molecule has 0 aromatic rings. The molecule has 0 bridgehead atoms. The van der Waals surface area contributed by atoms with Crippen molar-refractivity contribution in [1.82, 2.24) is 4.72 Å². The van der Waals surface area contributed by atoms with Crippen molar-refractivity contribution in [1.29, 1.82) is 0 Å². The Morgan fingerprint density at radius 2 is 1.53 bits per heavy atom. The van der Waals surface area contributed by atoms with E-state index in [-0.39, 0.29) is 0 Å². The van der Waals surface area contributed by atoms with E-state index in [4.69, 9.17) is 9.47 Å². The topological polar surface area (TPSA) is 64.6 Å². The van der Waals surface area contributed by atoms with Gasteiger partial charge in [-0.15, -0.1) is 0 Å². The minimum Gasteiger partial charge on any atom is -0.354 e. The lowest BCUT2D eigenvalue weighted by Crippen LogP contribution is -2.48. The summed E-state index contributed by atoms with van der Waals surface area (Å²) >= 11 is 0. The van der Waals surface area contributed by atoms with E-state index >= 15 is 0 Å². The lowest BCUT2D eigenvalue weighted by molar-refractivity contribution is -0.115. The second-order valence-electron chi connectivity index (χ2n) is 4.36. The molecule has 0 heterocycles. The summed E-state index contributed by atoms with van der Waals surface area (Å²) in [6.45, 7) is 6.60. The largest absolute Gasteiger partial charge is 0.354 e. The number of sulfonamides is 1. The van der Waals surface area contributed by atoms with Gasteiger partial charge in [0.1, 0.15) is 0 Å². The van der Waals surface area contributed by atoms with Crippen molar-refractivity contribution in [3.8, 4) is 0 Å². The van der Waals surface area contributed by atoms with Gasteiger partial charge in [0.05, 0.1) is 10.8 Å². The zero-order valence-electron chi connectivity index (χ0n) is 10.2. The van der Waals surface area contributed by atoms with E-state index in [9.17, 15) is 8.42 Å². The molecular weight excluding hydrogens is 218 g/mol. The van der Waals surface area contributed by atoms with Crippen molar-refractivity contribution in [2.45, 2.75) is 44.8 Å². The predicted molar refractivity (Wildman–Crippen MR) is 59.1 cm³/mol. The predicted octanol–water partition coefficient (Wildman–Crippen LogP) is 0.712. The maximum Gasteiger partial charge on any atom is 0.216 e. The first kappa shape index (κ1) is 14.8. The van der Waals surface area contributed by atoms with Gasteiger partial charge in [-0.2, -0.15) is 0 Å². The molecule has 0 rings (SSSR count). The quantitative estimate of drug-likeness (QED) is 0.718. The molecule has 92 valence electrons. The summed E-state index contributed by atoms with van der Waals surface area (Å²) in [4.78, 5) is 0. The highest BCUT2D eigenvalue weighted by molar-refractivity contribution is 7.90. The standard InChI is InChI=1S/C9H21NO4S/c1-7(8(13-5)14-6)10-15(11,12)9(2,3)4/h7-8,10H,1-6H3.